The summed E-state index contributed by atoms with van der Waals surface area (Å²) in [5, 5.41) is 4.84. The maximum absolute atomic E-state index is 12.7. The molecule has 0 fully saturated rings. The van der Waals surface area contributed by atoms with Crippen LogP contribution < -0.4 is 20.5 Å². The third kappa shape index (κ3) is 4.69. The zero-order valence-electron chi connectivity index (χ0n) is 15.3. The number of hydrogen-bond donors (Lipinski definition) is 2. The quantitative estimate of drug-likeness (QED) is 0.612. The van der Waals surface area contributed by atoms with E-state index in [2.05, 4.69) is 5.32 Å². The SMILES string of the molecule is COc1cc(CNC(=O)c2sccc2-c2ccccc2)ccc1OCC(N)=O. The Morgan fingerprint density at radius 3 is 2.57 bits per heavy atom. The molecule has 0 atom stereocenters. The van der Waals surface area contributed by atoms with Crippen molar-refractivity contribution < 1.29 is 19.1 Å². The smallest absolute Gasteiger partial charge is 0.262 e. The molecule has 1 aromatic heterocycles. The number of hydrogen-bond acceptors (Lipinski definition) is 5. The normalized spacial score (nSPS) is 10.3. The van der Waals surface area contributed by atoms with Crippen LogP contribution in [0.3, 0.4) is 0 Å². The van der Waals surface area contributed by atoms with Gasteiger partial charge in [0.15, 0.2) is 18.1 Å². The summed E-state index contributed by atoms with van der Waals surface area (Å²) in [5.41, 5.74) is 7.85. The van der Waals surface area contributed by atoms with Crippen LogP contribution in [0, 0.1) is 0 Å². The molecule has 2 amide bonds. The minimum atomic E-state index is -0.566. The maximum atomic E-state index is 12.7. The molecule has 0 saturated heterocycles. The van der Waals surface area contributed by atoms with Crippen molar-refractivity contribution in [3.63, 3.8) is 0 Å². The number of methoxy groups -OCH3 is 1. The number of thiophene rings is 1. The van der Waals surface area contributed by atoms with Crippen molar-refractivity contribution in [1.82, 2.24) is 5.32 Å². The second kappa shape index (κ2) is 9.05. The number of carbonyl (C=O) groups excluding carboxylic acids is 2. The molecule has 6 nitrogen and oxygen atoms in total. The predicted octanol–water partition coefficient (Wildman–Crippen LogP) is 3.22. The lowest BCUT2D eigenvalue weighted by molar-refractivity contribution is -0.119. The summed E-state index contributed by atoms with van der Waals surface area (Å²) in [6.07, 6.45) is 0. The van der Waals surface area contributed by atoms with Crippen LogP contribution in [0.1, 0.15) is 15.2 Å². The molecule has 0 bridgehead atoms. The van der Waals surface area contributed by atoms with E-state index < -0.39 is 5.91 Å². The second-order valence-corrected chi connectivity index (χ2v) is 6.87. The molecule has 2 aromatic carbocycles. The number of primary amides is 1. The summed E-state index contributed by atoms with van der Waals surface area (Å²) < 4.78 is 10.6. The maximum Gasteiger partial charge on any atom is 0.262 e. The summed E-state index contributed by atoms with van der Waals surface area (Å²) in [5.74, 6) is 0.181. The highest BCUT2D eigenvalue weighted by Crippen LogP contribution is 2.29. The summed E-state index contributed by atoms with van der Waals surface area (Å²) in [6.45, 7) is 0.102. The molecule has 144 valence electrons. The third-order valence-corrected chi connectivity index (χ3v) is 4.92. The van der Waals surface area contributed by atoms with E-state index in [1.54, 1.807) is 18.2 Å². The van der Waals surface area contributed by atoms with Crippen molar-refractivity contribution in [3.05, 3.63) is 70.4 Å². The summed E-state index contributed by atoms with van der Waals surface area (Å²) >= 11 is 1.41. The van der Waals surface area contributed by atoms with Gasteiger partial charge in [0.1, 0.15) is 0 Å². The van der Waals surface area contributed by atoms with E-state index in [-0.39, 0.29) is 12.5 Å². The van der Waals surface area contributed by atoms with Crippen LogP contribution in [0.25, 0.3) is 11.1 Å². The first kappa shape index (κ1) is 19.4. The fraction of sp³-hybridized carbons (Fsp3) is 0.143. The highest BCUT2D eigenvalue weighted by atomic mass is 32.1. The monoisotopic (exact) mass is 396 g/mol. The van der Waals surface area contributed by atoms with Crippen LogP contribution in [-0.2, 0) is 11.3 Å². The van der Waals surface area contributed by atoms with Crippen molar-refractivity contribution >= 4 is 23.2 Å². The Kier molecular flexibility index (Phi) is 6.29. The van der Waals surface area contributed by atoms with Crippen LogP contribution in [0.15, 0.2) is 60.0 Å². The number of carbonyl (C=O) groups is 2. The van der Waals surface area contributed by atoms with Gasteiger partial charge in [-0.15, -0.1) is 11.3 Å². The zero-order chi connectivity index (χ0) is 19.9. The lowest BCUT2D eigenvalue weighted by Gasteiger charge is -2.12. The van der Waals surface area contributed by atoms with E-state index in [1.807, 2.05) is 41.8 Å². The Morgan fingerprint density at radius 1 is 1.07 bits per heavy atom. The predicted molar refractivity (Wildman–Crippen MR) is 109 cm³/mol. The van der Waals surface area contributed by atoms with Gasteiger partial charge in [-0.2, -0.15) is 0 Å². The molecule has 7 heteroatoms. The first-order valence-electron chi connectivity index (χ1n) is 8.57. The first-order valence-corrected chi connectivity index (χ1v) is 9.45. The number of nitrogens with two attached hydrogens (primary N) is 1. The van der Waals surface area contributed by atoms with E-state index in [0.717, 1.165) is 16.7 Å². The fourth-order valence-corrected chi connectivity index (χ4v) is 3.52. The van der Waals surface area contributed by atoms with Crippen molar-refractivity contribution in [2.45, 2.75) is 6.54 Å². The molecule has 1 heterocycles. The van der Waals surface area contributed by atoms with Crippen LogP contribution in [-0.4, -0.2) is 25.5 Å². The van der Waals surface area contributed by atoms with Gasteiger partial charge in [-0.1, -0.05) is 36.4 Å². The van der Waals surface area contributed by atoms with E-state index in [0.29, 0.717) is 22.9 Å². The van der Waals surface area contributed by atoms with Gasteiger partial charge >= 0.3 is 0 Å². The standard InChI is InChI=1S/C21H20N2O4S/c1-26-18-11-14(7-8-17(18)27-13-19(22)24)12-23-21(25)20-16(9-10-28-20)15-5-3-2-4-6-15/h2-11H,12-13H2,1H3,(H2,22,24)(H,23,25). The zero-order valence-corrected chi connectivity index (χ0v) is 16.1. The van der Waals surface area contributed by atoms with Gasteiger partial charge in [-0.05, 0) is 34.7 Å². The average molecular weight is 396 g/mol. The molecule has 3 aromatic rings. The van der Waals surface area contributed by atoms with Gasteiger partial charge in [0.25, 0.3) is 11.8 Å². The minimum Gasteiger partial charge on any atom is -0.493 e. The Hall–Kier alpha value is -3.32. The van der Waals surface area contributed by atoms with Crippen molar-refractivity contribution in [3.8, 4) is 22.6 Å². The van der Waals surface area contributed by atoms with Crippen molar-refractivity contribution in [2.24, 2.45) is 5.73 Å². The first-order chi connectivity index (χ1) is 13.6. The molecule has 0 radical (unpaired) electrons. The largest absolute Gasteiger partial charge is 0.493 e. The number of nitrogens with one attached hydrogen (secondary N) is 1. The third-order valence-electron chi connectivity index (χ3n) is 4.01. The van der Waals surface area contributed by atoms with E-state index >= 15 is 0 Å². The van der Waals surface area contributed by atoms with Gasteiger partial charge in [0.05, 0.1) is 12.0 Å². The lowest BCUT2D eigenvalue weighted by atomic mass is 10.1. The van der Waals surface area contributed by atoms with E-state index in [1.165, 1.54) is 18.4 Å². The van der Waals surface area contributed by atoms with E-state index in [9.17, 15) is 9.59 Å². The number of ether oxygens (including phenoxy) is 2. The van der Waals surface area contributed by atoms with Crippen LogP contribution in [0.2, 0.25) is 0 Å². The molecule has 0 unspecified atom stereocenters. The van der Waals surface area contributed by atoms with Gasteiger partial charge < -0.3 is 20.5 Å². The molecule has 0 aliphatic heterocycles. The molecule has 0 aliphatic rings. The average Bonchev–Trinajstić information content (AvgIpc) is 3.21. The van der Waals surface area contributed by atoms with Gasteiger partial charge in [0.2, 0.25) is 0 Å². The Labute approximate surface area is 166 Å². The molecule has 3 rings (SSSR count). The fourth-order valence-electron chi connectivity index (χ4n) is 2.68. The molecular formula is C21H20N2O4S. The van der Waals surface area contributed by atoms with Crippen molar-refractivity contribution in [1.29, 1.82) is 0 Å². The highest BCUT2D eigenvalue weighted by Gasteiger charge is 2.15. The molecule has 28 heavy (non-hydrogen) atoms. The minimum absolute atomic E-state index is 0.137. The van der Waals surface area contributed by atoms with E-state index in [4.69, 9.17) is 15.2 Å². The summed E-state index contributed by atoms with van der Waals surface area (Å²) in [4.78, 5) is 24.2. The van der Waals surface area contributed by atoms with Crippen LogP contribution in [0.4, 0.5) is 0 Å². The topological polar surface area (TPSA) is 90.7 Å². The highest BCUT2D eigenvalue weighted by molar-refractivity contribution is 7.12. The lowest BCUT2D eigenvalue weighted by Crippen LogP contribution is -2.22. The number of benzene rings is 2. The van der Waals surface area contributed by atoms with Gasteiger partial charge in [-0.3, -0.25) is 9.59 Å². The molecular weight excluding hydrogens is 376 g/mol. The molecule has 3 N–H and O–H groups in total. The second-order valence-electron chi connectivity index (χ2n) is 5.95. The van der Waals surface area contributed by atoms with Crippen LogP contribution in [0.5, 0.6) is 11.5 Å². The summed E-state index contributed by atoms with van der Waals surface area (Å²) in [7, 11) is 1.51. The van der Waals surface area contributed by atoms with Crippen molar-refractivity contribution in [2.75, 3.05) is 13.7 Å². The Bertz CT molecular complexity index is 970. The van der Waals surface area contributed by atoms with Gasteiger partial charge in [0, 0.05) is 12.1 Å². The molecule has 0 aliphatic carbocycles. The molecule has 0 spiro atoms. The number of amides is 2. The Morgan fingerprint density at radius 2 is 1.86 bits per heavy atom. The Balaban J connectivity index is 1.68. The van der Waals surface area contributed by atoms with Gasteiger partial charge in [-0.25, -0.2) is 0 Å². The number of rotatable bonds is 8. The van der Waals surface area contributed by atoms with Crippen LogP contribution >= 0.6 is 11.3 Å². The molecule has 0 saturated carbocycles. The summed E-state index contributed by atoms with van der Waals surface area (Å²) in [6, 6.07) is 17.0.